The standard InChI is InChI=1S/C14H20FNO3/c1-17-11-5-3-4-10(12(11)15)13(16)14(18-2)6-8-19-9-7-14/h3-5,13H,6-9,16H2,1-2H3. The van der Waals surface area contributed by atoms with E-state index in [2.05, 4.69) is 0 Å². The van der Waals surface area contributed by atoms with E-state index in [-0.39, 0.29) is 5.75 Å². The average molecular weight is 269 g/mol. The van der Waals surface area contributed by atoms with E-state index in [1.807, 2.05) is 0 Å². The average Bonchev–Trinajstić information content (AvgIpc) is 2.47. The van der Waals surface area contributed by atoms with Crippen LogP contribution in [-0.4, -0.2) is 33.0 Å². The predicted molar refractivity (Wildman–Crippen MR) is 69.7 cm³/mol. The van der Waals surface area contributed by atoms with Gasteiger partial charge in [-0.2, -0.15) is 0 Å². The van der Waals surface area contributed by atoms with Gasteiger partial charge < -0.3 is 19.9 Å². The van der Waals surface area contributed by atoms with Gasteiger partial charge in [0.25, 0.3) is 0 Å². The molecule has 4 nitrogen and oxygen atoms in total. The Morgan fingerprint density at radius 1 is 1.32 bits per heavy atom. The van der Waals surface area contributed by atoms with E-state index in [1.54, 1.807) is 25.3 Å². The van der Waals surface area contributed by atoms with Gasteiger partial charge in [0.1, 0.15) is 0 Å². The van der Waals surface area contributed by atoms with E-state index < -0.39 is 17.5 Å². The van der Waals surface area contributed by atoms with E-state index >= 15 is 0 Å². The van der Waals surface area contributed by atoms with E-state index in [4.69, 9.17) is 19.9 Å². The molecule has 0 aliphatic carbocycles. The zero-order valence-electron chi connectivity index (χ0n) is 11.3. The van der Waals surface area contributed by atoms with Crippen LogP contribution < -0.4 is 10.5 Å². The van der Waals surface area contributed by atoms with Crippen LogP contribution in [0.5, 0.6) is 5.75 Å². The first-order valence-electron chi connectivity index (χ1n) is 6.35. The van der Waals surface area contributed by atoms with E-state index in [0.29, 0.717) is 31.6 Å². The highest BCUT2D eigenvalue weighted by Gasteiger charge is 2.40. The van der Waals surface area contributed by atoms with Crippen molar-refractivity contribution in [3.63, 3.8) is 0 Å². The first-order chi connectivity index (χ1) is 9.14. The highest BCUT2D eigenvalue weighted by molar-refractivity contribution is 5.34. The smallest absolute Gasteiger partial charge is 0.169 e. The second-order valence-electron chi connectivity index (χ2n) is 4.72. The Balaban J connectivity index is 2.34. The van der Waals surface area contributed by atoms with Gasteiger partial charge in [0.05, 0.1) is 18.8 Å². The van der Waals surface area contributed by atoms with Crippen LogP contribution in [0.15, 0.2) is 18.2 Å². The number of nitrogens with two attached hydrogens (primary N) is 1. The molecule has 2 rings (SSSR count). The molecule has 1 aromatic rings. The second-order valence-corrected chi connectivity index (χ2v) is 4.72. The zero-order chi connectivity index (χ0) is 13.9. The predicted octanol–water partition coefficient (Wildman–Crippen LogP) is 2.03. The molecule has 0 spiro atoms. The summed E-state index contributed by atoms with van der Waals surface area (Å²) < 4.78 is 30.2. The van der Waals surface area contributed by atoms with E-state index in [0.717, 1.165) is 0 Å². The fourth-order valence-electron chi connectivity index (χ4n) is 2.57. The monoisotopic (exact) mass is 269 g/mol. The van der Waals surface area contributed by atoms with Gasteiger partial charge in [0, 0.05) is 38.7 Å². The first kappa shape index (κ1) is 14.2. The van der Waals surface area contributed by atoms with Crippen molar-refractivity contribution in [1.82, 2.24) is 0 Å². The minimum Gasteiger partial charge on any atom is -0.494 e. The molecule has 1 fully saturated rings. The minimum atomic E-state index is -0.578. The molecular formula is C14H20FNO3. The molecule has 2 N–H and O–H groups in total. The molecule has 1 heterocycles. The highest BCUT2D eigenvalue weighted by Crippen LogP contribution is 2.38. The molecule has 1 aromatic carbocycles. The number of methoxy groups -OCH3 is 2. The Hall–Kier alpha value is -1.17. The van der Waals surface area contributed by atoms with Crippen molar-refractivity contribution in [2.45, 2.75) is 24.5 Å². The lowest BCUT2D eigenvalue weighted by Gasteiger charge is -2.40. The Bertz CT molecular complexity index is 433. The highest BCUT2D eigenvalue weighted by atomic mass is 19.1. The molecule has 5 heteroatoms. The topological polar surface area (TPSA) is 53.7 Å². The number of benzene rings is 1. The number of hydrogen-bond acceptors (Lipinski definition) is 4. The molecule has 19 heavy (non-hydrogen) atoms. The van der Waals surface area contributed by atoms with Crippen molar-refractivity contribution < 1.29 is 18.6 Å². The molecule has 0 bridgehead atoms. The van der Waals surface area contributed by atoms with Crippen molar-refractivity contribution in [1.29, 1.82) is 0 Å². The van der Waals surface area contributed by atoms with Gasteiger partial charge in [0.15, 0.2) is 11.6 Å². The maximum atomic E-state index is 14.3. The maximum absolute atomic E-state index is 14.3. The van der Waals surface area contributed by atoms with Crippen molar-refractivity contribution in [3.8, 4) is 5.75 Å². The molecule has 1 aliphatic rings. The number of halogens is 1. The number of hydrogen-bond donors (Lipinski definition) is 1. The third-order valence-electron chi connectivity index (χ3n) is 3.86. The van der Waals surface area contributed by atoms with Gasteiger partial charge in [-0.3, -0.25) is 0 Å². The number of rotatable bonds is 4. The van der Waals surface area contributed by atoms with Crippen molar-refractivity contribution in [2.24, 2.45) is 5.73 Å². The molecule has 1 aliphatic heterocycles. The van der Waals surface area contributed by atoms with Gasteiger partial charge in [-0.05, 0) is 6.07 Å². The van der Waals surface area contributed by atoms with Crippen LogP contribution >= 0.6 is 0 Å². The summed E-state index contributed by atoms with van der Waals surface area (Å²) in [5.41, 5.74) is 6.11. The van der Waals surface area contributed by atoms with Gasteiger partial charge in [-0.15, -0.1) is 0 Å². The Labute approximate surface area is 112 Å². The Morgan fingerprint density at radius 3 is 2.58 bits per heavy atom. The molecule has 1 atom stereocenters. The summed E-state index contributed by atoms with van der Waals surface area (Å²) in [5.74, 6) is -0.216. The fourth-order valence-corrected chi connectivity index (χ4v) is 2.57. The lowest BCUT2D eigenvalue weighted by molar-refractivity contribution is -0.105. The fraction of sp³-hybridized carbons (Fsp3) is 0.571. The lowest BCUT2D eigenvalue weighted by atomic mass is 9.82. The van der Waals surface area contributed by atoms with Crippen LogP contribution in [0.2, 0.25) is 0 Å². The number of ether oxygens (including phenoxy) is 3. The normalized spacial score (nSPS) is 20.0. The third-order valence-corrected chi connectivity index (χ3v) is 3.86. The summed E-state index contributed by atoms with van der Waals surface area (Å²) in [5, 5.41) is 0. The zero-order valence-corrected chi connectivity index (χ0v) is 11.3. The van der Waals surface area contributed by atoms with Crippen molar-refractivity contribution in [3.05, 3.63) is 29.6 Å². The SMILES string of the molecule is COc1cccc(C(N)C2(OC)CCOCC2)c1F. The van der Waals surface area contributed by atoms with Gasteiger partial charge >= 0.3 is 0 Å². The summed E-state index contributed by atoms with van der Waals surface area (Å²) in [6.45, 7) is 1.15. The molecule has 1 saturated heterocycles. The van der Waals surface area contributed by atoms with Crippen LogP contribution in [-0.2, 0) is 9.47 Å². The van der Waals surface area contributed by atoms with E-state index in [1.165, 1.54) is 7.11 Å². The van der Waals surface area contributed by atoms with Crippen LogP contribution in [0, 0.1) is 5.82 Å². The van der Waals surface area contributed by atoms with Crippen LogP contribution in [0.25, 0.3) is 0 Å². The van der Waals surface area contributed by atoms with Crippen LogP contribution in [0.1, 0.15) is 24.4 Å². The van der Waals surface area contributed by atoms with Crippen molar-refractivity contribution in [2.75, 3.05) is 27.4 Å². The lowest BCUT2D eigenvalue weighted by Crippen LogP contribution is -2.47. The largest absolute Gasteiger partial charge is 0.494 e. The van der Waals surface area contributed by atoms with Gasteiger partial charge in [-0.1, -0.05) is 12.1 Å². The Morgan fingerprint density at radius 2 is 2.00 bits per heavy atom. The van der Waals surface area contributed by atoms with E-state index in [9.17, 15) is 4.39 Å². The molecule has 0 saturated carbocycles. The minimum absolute atomic E-state index is 0.200. The van der Waals surface area contributed by atoms with Gasteiger partial charge in [0.2, 0.25) is 0 Å². The van der Waals surface area contributed by atoms with Crippen molar-refractivity contribution >= 4 is 0 Å². The molecular weight excluding hydrogens is 249 g/mol. The molecule has 0 aromatic heterocycles. The summed E-state index contributed by atoms with van der Waals surface area (Å²) >= 11 is 0. The molecule has 0 amide bonds. The molecule has 1 unspecified atom stereocenters. The summed E-state index contributed by atoms with van der Waals surface area (Å²) in [6, 6.07) is 4.45. The Kier molecular flexibility index (Phi) is 4.39. The summed E-state index contributed by atoms with van der Waals surface area (Å²) in [7, 11) is 3.05. The van der Waals surface area contributed by atoms with Crippen LogP contribution in [0.4, 0.5) is 4.39 Å². The first-order valence-corrected chi connectivity index (χ1v) is 6.35. The van der Waals surface area contributed by atoms with Crippen LogP contribution in [0.3, 0.4) is 0 Å². The van der Waals surface area contributed by atoms with Gasteiger partial charge in [-0.25, -0.2) is 4.39 Å². The second kappa shape index (κ2) is 5.86. The summed E-state index contributed by atoms with van der Waals surface area (Å²) in [6.07, 6.45) is 1.31. The third kappa shape index (κ3) is 2.59. The maximum Gasteiger partial charge on any atom is 0.169 e. The molecule has 0 radical (unpaired) electrons. The quantitative estimate of drug-likeness (QED) is 0.908. The summed E-state index contributed by atoms with van der Waals surface area (Å²) in [4.78, 5) is 0. The molecule has 106 valence electrons.